The van der Waals surface area contributed by atoms with Crippen molar-refractivity contribution < 1.29 is 23.9 Å². The van der Waals surface area contributed by atoms with E-state index in [1.54, 1.807) is 0 Å². The summed E-state index contributed by atoms with van der Waals surface area (Å²) in [6.07, 6.45) is 10.5. The van der Waals surface area contributed by atoms with Crippen LogP contribution in [-0.2, 0) is 23.9 Å². The van der Waals surface area contributed by atoms with E-state index in [1.807, 2.05) is 34.6 Å². The van der Waals surface area contributed by atoms with Crippen molar-refractivity contribution in [2.75, 3.05) is 32.8 Å². The average molecular weight is 542 g/mol. The van der Waals surface area contributed by atoms with E-state index in [-0.39, 0.29) is 22.8 Å². The van der Waals surface area contributed by atoms with Gasteiger partial charge in [-0.25, -0.2) is 0 Å². The lowest BCUT2D eigenvalue weighted by molar-refractivity contribution is -0.211. The highest BCUT2D eigenvalue weighted by Crippen LogP contribution is 2.19. The Balaban J connectivity index is 3.62. The average Bonchev–Trinajstić information content (AvgIpc) is 2.79. The van der Waals surface area contributed by atoms with Crippen LogP contribution in [0.5, 0.6) is 0 Å². The van der Waals surface area contributed by atoms with Gasteiger partial charge >= 0.3 is 0 Å². The van der Waals surface area contributed by atoms with Crippen LogP contribution in [0.4, 0.5) is 0 Å². The molecule has 0 aliphatic carbocycles. The van der Waals surface area contributed by atoms with Crippen LogP contribution in [0.2, 0.25) is 0 Å². The van der Waals surface area contributed by atoms with E-state index < -0.39 is 5.79 Å². The van der Waals surface area contributed by atoms with Crippen LogP contribution in [0.1, 0.15) is 126 Å². The molecular weight excluding hydrogens is 482 g/mol. The number of rotatable bonds is 22. The van der Waals surface area contributed by atoms with Gasteiger partial charge in [-0.2, -0.15) is 0 Å². The number of nitrogens with one attached hydrogen (secondary N) is 3. The van der Waals surface area contributed by atoms with Crippen molar-refractivity contribution in [2.24, 2.45) is 5.41 Å². The van der Waals surface area contributed by atoms with Crippen molar-refractivity contribution in [1.29, 1.82) is 0 Å². The fourth-order valence-corrected chi connectivity index (χ4v) is 3.75. The highest BCUT2D eigenvalue weighted by Gasteiger charge is 2.20. The molecule has 0 aromatic rings. The van der Waals surface area contributed by atoms with Gasteiger partial charge in [-0.15, -0.1) is 0 Å². The summed E-state index contributed by atoms with van der Waals surface area (Å²) in [6.45, 7) is 18.1. The first-order valence-corrected chi connectivity index (χ1v) is 14.7. The molecule has 0 fully saturated rings. The lowest BCUT2D eigenvalue weighted by Gasteiger charge is -2.26. The van der Waals surface area contributed by atoms with Gasteiger partial charge in [0.25, 0.3) is 0 Å². The molecule has 224 valence electrons. The topological polar surface area (TPSA) is 106 Å². The van der Waals surface area contributed by atoms with Crippen LogP contribution in [0, 0.1) is 5.41 Å². The van der Waals surface area contributed by atoms with Gasteiger partial charge in [0.1, 0.15) is 5.78 Å². The first-order valence-electron chi connectivity index (χ1n) is 14.7. The number of amides is 2. The molecule has 8 nitrogen and oxygen atoms in total. The zero-order valence-electron chi connectivity index (χ0n) is 25.9. The molecule has 0 spiro atoms. The summed E-state index contributed by atoms with van der Waals surface area (Å²) in [4.78, 5) is 35.8. The van der Waals surface area contributed by atoms with Crippen LogP contribution in [0.3, 0.4) is 0 Å². The van der Waals surface area contributed by atoms with Crippen molar-refractivity contribution in [2.45, 2.75) is 137 Å². The van der Waals surface area contributed by atoms with E-state index in [2.05, 4.69) is 36.7 Å². The lowest BCUT2D eigenvalue weighted by atomic mass is 9.88. The third-order valence-corrected chi connectivity index (χ3v) is 6.15. The summed E-state index contributed by atoms with van der Waals surface area (Å²) in [6, 6.07) is 0. The van der Waals surface area contributed by atoms with Crippen LogP contribution in [0.15, 0.2) is 0 Å². The van der Waals surface area contributed by atoms with Crippen LogP contribution < -0.4 is 16.0 Å². The number of Topliss-reactive ketones (excluding diaryl/α,β-unsaturated/α-hetero) is 1. The third-order valence-electron chi connectivity index (χ3n) is 6.15. The standard InChI is InChI=1S/C30H59N3O5/c1-28(2,3)25(34)17-15-13-11-9-10-12-14-16-18-26(35)31-21-23-37-30(7,8)38-24-22-32-27(36)19-20-33-29(4,5)6/h33H,9-24H2,1-8H3,(H,31,35)(H,32,36). The van der Waals surface area contributed by atoms with Crippen molar-refractivity contribution >= 4 is 17.6 Å². The number of carbonyl (C=O) groups is 3. The van der Waals surface area contributed by atoms with E-state index in [0.29, 0.717) is 57.9 Å². The number of hydrogen-bond acceptors (Lipinski definition) is 6. The zero-order valence-corrected chi connectivity index (χ0v) is 25.9. The minimum Gasteiger partial charge on any atom is -0.354 e. The Labute approximate surface area is 233 Å². The number of carbonyl (C=O) groups excluding carboxylic acids is 3. The number of hydrogen-bond donors (Lipinski definition) is 3. The van der Waals surface area contributed by atoms with Crippen LogP contribution >= 0.6 is 0 Å². The van der Waals surface area contributed by atoms with E-state index in [0.717, 1.165) is 32.1 Å². The molecule has 0 unspecified atom stereocenters. The van der Waals surface area contributed by atoms with Gasteiger partial charge in [0.15, 0.2) is 5.79 Å². The Hall–Kier alpha value is -1.51. The van der Waals surface area contributed by atoms with E-state index in [4.69, 9.17) is 9.47 Å². The first-order chi connectivity index (χ1) is 17.6. The SMILES string of the molecule is CC(C)(C)NCCC(=O)NCCOC(C)(C)OCCNC(=O)CCCCCCCCCCC(=O)C(C)(C)C. The summed E-state index contributed by atoms with van der Waals surface area (Å²) < 4.78 is 11.5. The molecule has 0 saturated carbocycles. The maximum atomic E-state index is 12.0. The molecule has 0 aliphatic rings. The number of unbranched alkanes of at least 4 members (excludes halogenated alkanes) is 7. The lowest BCUT2D eigenvalue weighted by Crippen LogP contribution is -2.39. The van der Waals surface area contributed by atoms with E-state index >= 15 is 0 Å². The molecule has 2 amide bonds. The molecule has 0 aromatic heterocycles. The number of ether oxygens (including phenoxy) is 2. The van der Waals surface area contributed by atoms with Crippen molar-refractivity contribution in [1.82, 2.24) is 16.0 Å². The van der Waals surface area contributed by atoms with Gasteiger partial charge in [-0.3, -0.25) is 14.4 Å². The van der Waals surface area contributed by atoms with Crippen molar-refractivity contribution in [3.05, 3.63) is 0 Å². The fourth-order valence-electron chi connectivity index (χ4n) is 3.75. The monoisotopic (exact) mass is 541 g/mol. The minimum atomic E-state index is -0.786. The summed E-state index contributed by atoms with van der Waals surface area (Å²) in [5.74, 6) is -0.380. The second-order valence-electron chi connectivity index (χ2n) is 12.7. The Morgan fingerprint density at radius 3 is 1.42 bits per heavy atom. The maximum absolute atomic E-state index is 12.0. The summed E-state index contributed by atoms with van der Waals surface area (Å²) in [5.41, 5.74) is -0.212. The normalized spacial score (nSPS) is 12.4. The van der Waals surface area contributed by atoms with Crippen LogP contribution in [-0.4, -0.2) is 61.8 Å². The molecule has 8 heteroatoms. The molecule has 0 radical (unpaired) electrons. The number of ketones is 1. The van der Waals surface area contributed by atoms with Gasteiger partial charge < -0.3 is 25.4 Å². The van der Waals surface area contributed by atoms with Gasteiger partial charge in [0, 0.05) is 49.9 Å². The quantitative estimate of drug-likeness (QED) is 0.127. The predicted octanol–water partition coefficient (Wildman–Crippen LogP) is 5.28. The fraction of sp³-hybridized carbons (Fsp3) is 0.900. The zero-order chi connectivity index (χ0) is 29.1. The Bertz CT molecular complexity index is 666. The van der Waals surface area contributed by atoms with E-state index in [1.165, 1.54) is 19.3 Å². The smallest absolute Gasteiger partial charge is 0.221 e. The van der Waals surface area contributed by atoms with Crippen molar-refractivity contribution in [3.8, 4) is 0 Å². The molecule has 0 bridgehead atoms. The second-order valence-corrected chi connectivity index (χ2v) is 12.7. The maximum Gasteiger partial charge on any atom is 0.221 e. The van der Waals surface area contributed by atoms with Gasteiger partial charge in [-0.05, 0) is 47.5 Å². The first kappa shape index (κ1) is 36.5. The van der Waals surface area contributed by atoms with Gasteiger partial charge in [-0.1, -0.05) is 59.3 Å². The Kier molecular flexibility index (Phi) is 18.8. The van der Waals surface area contributed by atoms with E-state index in [9.17, 15) is 14.4 Å². The van der Waals surface area contributed by atoms with Gasteiger partial charge in [0.2, 0.25) is 11.8 Å². The molecule has 0 heterocycles. The molecular formula is C30H59N3O5. The van der Waals surface area contributed by atoms with Gasteiger partial charge in [0.05, 0.1) is 13.2 Å². The molecule has 0 aromatic carbocycles. The third kappa shape index (κ3) is 23.6. The Morgan fingerprint density at radius 1 is 0.553 bits per heavy atom. The molecule has 0 aliphatic heterocycles. The summed E-state index contributed by atoms with van der Waals surface area (Å²) in [7, 11) is 0. The molecule has 0 atom stereocenters. The second kappa shape index (κ2) is 19.5. The summed E-state index contributed by atoms with van der Waals surface area (Å²) >= 11 is 0. The highest BCUT2D eigenvalue weighted by molar-refractivity contribution is 5.83. The highest BCUT2D eigenvalue weighted by atomic mass is 16.7. The summed E-state index contributed by atoms with van der Waals surface area (Å²) in [5, 5.41) is 9.04. The largest absolute Gasteiger partial charge is 0.354 e. The minimum absolute atomic E-state index is 0.00111. The molecule has 0 saturated heterocycles. The van der Waals surface area contributed by atoms with Crippen molar-refractivity contribution in [3.63, 3.8) is 0 Å². The molecule has 38 heavy (non-hydrogen) atoms. The van der Waals surface area contributed by atoms with Crippen LogP contribution in [0.25, 0.3) is 0 Å². The Morgan fingerprint density at radius 2 is 0.974 bits per heavy atom. The molecule has 0 rings (SSSR count). The molecule has 3 N–H and O–H groups in total. The predicted molar refractivity (Wildman–Crippen MR) is 155 cm³/mol.